The summed E-state index contributed by atoms with van der Waals surface area (Å²) in [4.78, 5) is 13.5. The van der Waals surface area contributed by atoms with Crippen LogP contribution in [0.25, 0.3) is 0 Å². The number of methoxy groups -OCH3 is 2. The number of rotatable bonds is 6. The molecular weight excluding hydrogens is 312 g/mol. The van der Waals surface area contributed by atoms with Crippen molar-refractivity contribution in [3.63, 3.8) is 0 Å². The molecule has 0 aliphatic rings. The molecule has 0 aliphatic carbocycles. The van der Waals surface area contributed by atoms with E-state index in [1.54, 1.807) is 26.4 Å². The van der Waals surface area contributed by atoms with Crippen LogP contribution in [0.5, 0.6) is 11.5 Å². The first-order valence-corrected chi connectivity index (χ1v) is 8.11. The maximum atomic E-state index is 13.5. The molecule has 0 aliphatic heterocycles. The van der Waals surface area contributed by atoms with Crippen molar-refractivity contribution in [2.24, 2.45) is 0 Å². The van der Waals surface area contributed by atoms with Crippen molar-refractivity contribution in [1.29, 1.82) is 0 Å². The first-order chi connectivity index (χ1) is 12.3. The van der Waals surface area contributed by atoms with Gasteiger partial charge in [0.25, 0.3) is 0 Å². The monoisotopic (exact) mass is 332 g/mol. The SMILES string of the molecule is COc1cccc(C(=O)C(c2ccccc2)c2ccccc2)c1OC. The fourth-order valence-electron chi connectivity index (χ4n) is 3.02. The van der Waals surface area contributed by atoms with E-state index in [2.05, 4.69) is 0 Å². The number of carbonyl (C=O) groups excluding carboxylic acids is 1. The maximum absolute atomic E-state index is 13.5. The molecule has 0 aromatic heterocycles. The predicted molar refractivity (Wildman–Crippen MR) is 98.6 cm³/mol. The Morgan fingerprint density at radius 2 is 1.28 bits per heavy atom. The second-order valence-electron chi connectivity index (χ2n) is 5.66. The van der Waals surface area contributed by atoms with Gasteiger partial charge >= 0.3 is 0 Å². The maximum Gasteiger partial charge on any atom is 0.178 e. The van der Waals surface area contributed by atoms with Gasteiger partial charge in [0.2, 0.25) is 0 Å². The number of carbonyl (C=O) groups is 1. The normalized spacial score (nSPS) is 10.5. The Bertz CT molecular complexity index is 802. The minimum atomic E-state index is -0.400. The van der Waals surface area contributed by atoms with Gasteiger partial charge < -0.3 is 9.47 Å². The van der Waals surface area contributed by atoms with Crippen LogP contribution in [-0.2, 0) is 0 Å². The van der Waals surface area contributed by atoms with Gasteiger partial charge in [0.05, 0.1) is 25.7 Å². The van der Waals surface area contributed by atoms with Gasteiger partial charge in [-0.25, -0.2) is 0 Å². The molecule has 0 unspecified atom stereocenters. The van der Waals surface area contributed by atoms with E-state index in [1.807, 2.05) is 66.7 Å². The predicted octanol–water partition coefficient (Wildman–Crippen LogP) is 4.72. The van der Waals surface area contributed by atoms with Gasteiger partial charge in [0, 0.05) is 0 Å². The summed E-state index contributed by atoms with van der Waals surface area (Å²) in [6.07, 6.45) is 0. The average Bonchev–Trinajstić information content (AvgIpc) is 2.69. The highest BCUT2D eigenvalue weighted by Gasteiger charge is 2.27. The second kappa shape index (κ2) is 7.67. The van der Waals surface area contributed by atoms with Gasteiger partial charge in [-0.1, -0.05) is 66.7 Å². The smallest absolute Gasteiger partial charge is 0.178 e. The molecule has 0 spiro atoms. The standard InChI is InChI=1S/C22H20O3/c1-24-19-15-9-14-18(22(19)25-2)21(23)20(16-10-5-3-6-11-16)17-12-7-4-8-13-17/h3-15,20H,1-2H3. The summed E-state index contributed by atoms with van der Waals surface area (Å²) in [5, 5.41) is 0. The summed E-state index contributed by atoms with van der Waals surface area (Å²) in [6.45, 7) is 0. The van der Waals surface area contributed by atoms with Crippen molar-refractivity contribution in [3.8, 4) is 11.5 Å². The van der Waals surface area contributed by atoms with E-state index in [9.17, 15) is 4.79 Å². The summed E-state index contributed by atoms with van der Waals surface area (Å²) in [5.41, 5.74) is 2.41. The van der Waals surface area contributed by atoms with Crippen molar-refractivity contribution in [2.45, 2.75) is 5.92 Å². The van der Waals surface area contributed by atoms with E-state index < -0.39 is 5.92 Å². The van der Waals surface area contributed by atoms with E-state index in [0.717, 1.165) is 11.1 Å². The van der Waals surface area contributed by atoms with Gasteiger partial charge in [0.15, 0.2) is 17.3 Å². The molecule has 0 saturated heterocycles. The van der Waals surface area contributed by atoms with E-state index in [1.165, 1.54) is 0 Å². The van der Waals surface area contributed by atoms with Crippen molar-refractivity contribution < 1.29 is 14.3 Å². The van der Waals surface area contributed by atoms with Crippen molar-refractivity contribution in [1.82, 2.24) is 0 Å². The Morgan fingerprint density at radius 3 is 1.76 bits per heavy atom. The summed E-state index contributed by atoms with van der Waals surface area (Å²) < 4.78 is 10.8. The molecular formula is C22H20O3. The molecule has 0 heterocycles. The molecule has 0 atom stereocenters. The van der Waals surface area contributed by atoms with Gasteiger partial charge in [-0.2, -0.15) is 0 Å². The first kappa shape index (κ1) is 16.8. The second-order valence-corrected chi connectivity index (χ2v) is 5.66. The zero-order chi connectivity index (χ0) is 17.6. The van der Waals surface area contributed by atoms with Crippen LogP contribution in [0.2, 0.25) is 0 Å². The van der Waals surface area contributed by atoms with Crippen LogP contribution in [0.3, 0.4) is 0 Å². The molecule has 0 fully saturated rings. The molecule has 3 aromatic carbocycles. The lowest BCUT2D eigenvalue weighted by Gasteiger charge is -2.19. The third-order valence-corrected chi connectivity index (χ3v) is 4.20. The molecule has 3 aromatic rings. The fraction of sp³-hybridized carbons (Fsp3) is 0.136. The van der Waals surface area contributed by atoms with Crippen LogP contribution in [0.15, 0.2) is 78.9 Å². The van der Waals surface area contributed by atoms with Crippen molar-refractivity contribution in [3.05, 3.63) is 95.6 Å². The van der Waals surface area contributed by atoms with Crippen LogP contribution in [-0.4, -0.2) is 20.0 Å². The quantitative estimate of drug-likeness (QED) is 0.613. The molecule has 3 nitrogen and oxygen atoms in total. The number of hydrogen-bond acceptors (Lipinski definition) is 3. The Kier molecular flexibility index (Phi) is 5.14. The Balaban J connectivity index is 2.13. The highest BCUT2D eigenvalue weighted by Crippen LogP contribution is 2.36. The third kappa shape index (κ3) is 3.41. The van der Waals surface area contributed by atoms with Gasteiger partial charge in [-0.15, -0.1) is 0 Å². The number of ketones is 1. The highest BCUT2D eigenvalue weighted by molar-refractivity contribution is 6.05. The highest BCUT2D eigenvalue weighted by atomic mass is 16.5. The topological polar surface area (TPSA) is 35.5 Å². The average molecular weight is 332 g/mol. The third-order valence-electron chi connectivity index (χ3n) is 4.20. The fourth-order valence-corrected chi connectivity index (χ4v) is 3.02. The Hall–Kier alpha value is -3.07. The van der Waals surface area contributed by atoms with E-state index in [-0.39, 0.29) is 5.78 Å². The van der Waals surface area contributed by atoms with Crippen LogP contribution in [0, 0.1) is 0 Å². The van der Waals surface area contributed by atoms with Gasteiger partial charge in [-0.05, 0) is 23.3 Å². The minimum absolute atomic E-state index is 0.0202. The molecule has 0 N–H and O–H groups in total. The number of benzene rings is 3. The van der Waals surface area contributed by atoms with E-state index in [4.69, 9.17) is 9.47 Å². The lowest BCUT2D eigenvalue weighted by atomic mass is 9.84. The molecule has 3 rings (SSSR count). The van der Waals surface area contributed by atoms with Crippen molar-refractivity contribution in [2.75, 3.05) is 14.2 Å². The largest absolute Gasteiger partial charge is 0.493 e. The Labute approximate surface area is 147 Å². The van der Waals surface area contributed by atoms with Crippen LogP contribution in [0.1, 0.15) is 27.4 Å². The summed E-state index contributed by atoms with van der Waals surface area (Å²) in [7, 11) is 3.12. The summed E-state index contributed by atoms with van der Waals surface area (Å²) in [5.74, 6) is 0.594. The van der Waals surface area contributed by atoms with Crippen LogP contribution < -0.4 is 9.47 Å². The van der Waals surface area contributed by atoms with Gasteiger partial charge in [0.1, 0.15) is 0 Å². The van der Waals surface area contributed by atoms with E-state index >= 15 is 0 Å². The molecule has 3 heteroatoms. The van der Waals surface area contributed by atoms with Crippen molar-refractivity contribution >= 4 is 5.78 Å². The zero-order valence-electron chi connectivity index (χ0n) is 14.3. The number of para-hydroxylation sites is 1. The summed E-state index contributed by atoms with van der Waals surface area (Å²) >= 11 is 0. The number of hydrogen-bond donors (Lipinski definition) is 0. The molecule has 0 bridgehead atoms. The zero-order valence-corrected chi connectivity index (χ0v) is 14.3. The molecule has 0 radical (unpaired) electrons. The molecule has 25 heavy (non-hydrogen) atoms. The summed E-state index contributed by atoms with van der Waals surface area (Å²) in [6, 6.07) is 24.9. The molecule has 0 saturated carbocycles. The van der Waals surface area contributed by atoms with Gasteiger partial charge in [-0.3, -0.25) is 4.79 Å². The van der Waals surface area contributed by atoms with Crippen LogP contribution >= 0.6 is 0 Å². The lowest BCUT2D eigenvalue weighted by molar-refractivity contribution is 0.0970. The number of ether oxygens (including phenoxy) is 2. The lowest BCUT2D eigenvalue weighted by Crippen LogP contribution is -2.15. The van der Waals surface area contributed by atoms with Crippen LogP contribution in [0.4, 0.5) is 0 Å². The number of Topliss-reactive ketones (excluding diaryl/α,β-unsaturated/α-hetero) is 1. The first-order valence-electron chi connectivity index (χ1n) is 8.11. The van der Waals surface area contributed by atoms with E-state index in [0.29, 0.717) is 17.1 Å². The minimum Gasteiger partial charge on any atom is -0.493 e. The molecule has 0 amide bonds. The Morgan fingerprint density at radius 1 is 0.720 bits per heavy atom. The molecule has 126 valence electrons.